The molecule has 0 unspecified atom stereocenters. The molecule has 0 aromatic heterocycles. The van der Waals surface area contributed by atoms with Gasteiger partial charge in [-0.15, -0.1) is 0 Å². The lowest BCUT2D eigenvalue weighted by atomic mass is 9.93. The molecule has 1 aromatic carbocycles. The van der Waals surface area contributed by atoms with E-state index in [1.165, 1.54) is 6.92 Å². The van der Waals surface area contributed by atoms with Crippen molar-refractivity contribution in [1.29, 1.82) is 0 Å². The number of esters is 1. The predicted octanol–water partition coefficient (Wildman–Crippen LogP) is 3.53. The van der Waals surface area contributed by atoms with Gasteiger partial charge in [0.25, 0.3) is 11.8 Å². The van der Waals surface area contributed by atoms with Gasteiger partial charge in [0.2, 0.25) is 5.12 Å². The van der Waals surface area contributed by atoms with Crippen molar-refractivity contribution in [3.05, 3.63) is 40.5 Å². The molecular weight excluding hydrogens is 404 g/mol. The molecule has 1 atom stereocenters. The summed E-state index contributed by atoms with van der Waals surface area (Å²) in [7, 11) is 0. The normalized spacial score (nSPS) is 17.4. The zero-order chi connectivity index (χ0) is 21.3. The van der Waals surface area contributed by atoms with E-state index in [4.69, 9.17) is 4.74 Å². The Balaban J connectivity index is 1.91. The number of benzene rings is 1. The molecule has 3 rings (SSSR count). The number of rotatable bonds is 5. The Hall–Kier alpha value is -2.55. The molecule has 29 heavy (non-hydrogen) atoms. The highest BCUT2D eigenvalue weighted by Crippen LogP contribution is 2.37. The first-order valence-corrected chi connectivity index (χ1v) is 10.1. The zero-order valence-electron chi connectivity index (χ0n) is 15.9. The number of nitrogens with zero attached hydrogens (tertiary/aromatic N) is 1. The number of carbonyl (C=O) groups excluding carboxylic acids is 4. The number of amides is 2. The largest absolute Gasteiger partial charge is 0.465 e. The monoisotopic (exact) mass is 423 g/mol. The van der Waals surface area contributed by atoms with Crippen molar-refractivity contribution >= 4 is 40.3 Å². The lowest BCUT2D eigenvalue weighted by molar-refractivity contribution is -0.142. The van der Waals surface area contributed by atoms with Crippen LogP contribution in [-0.4, -0.2) is 34.8 Å². The molecule has 2 aliphatic rings. The molecule has 2 amide bonds. The maximum Gasteiger partial charge on any atom is 0.319 e. The van der Waals surface area contributed by atoms with Crippen LogP contribution in [0, 0.1) is 11.6 Å². The number of anilines is 1. The highest BCUT2D eigenvalue weighted by molar-refractivity contribution is 8.15. The summed E-state index contributed by atoms with van der Waals surface area (Å²) in [5.74, 6) is -4.18. The van der Waals surface area contributed by atoms with Gasteiger partial charge in [-0.3, -0.25) is 19.2 Å². The summed E-state index contributed by atoms with van der Waals surface area (Å²) in [6.45, 7) is 3.17. The van der Waals surface area contributed by atoms with Crippen LogP contribution in [0.1, 0.15) is 49.9 Å². The van der Waals surface area contributed by atoms with Crippen LogP contribution < -0.4 is 4.90 Å². The fourth-order valence-corrected chi connectivity index (χ4v) is 4.12. The average molecular weight is 423 g/mol. The van der Waals surface area contributed by atoms with Crippen LogP contribution in [0.4, 0.5) is 14.5 Å². The minimum atomic E-state index is -1.14. The first-order valence-electron chi connectivity index (χ1n) is 9.23. The first-order chi connectivity index (χ1) is 13.8. The van der Waals surface area contributed by atoms with Crippen molar-refractivity contribution in [3.8, 4) is 0 Å². The molecule has 1 aliphatic heterocycles. The van der Waals surface area contributed by atoms with E-state index < -0.39 is 51.0 Å². The van der Waals surface area contributed by atoms with Gasteiger partial charge in [-0.25, -0.2) is 13.7 Å². The maximum absolute atomic E-state index is 14.5. The average Bonchev–Trinajstić information content (AvgIpc) is 2.93. The summed E-state index contributed by atoms with van der Waals surface area (Å²) in [5, 5.41) is -1.74. The molecule has 0 fully saturated rings. The first kappa shape index (κ1) is 21.2. The van der Waals surface area contributed by atoms with Crippen LogP contribution in [0.3, 0.4) is 0 Å². The molecule has 1 aliphatic carbocycles. The highest BCUT2D eigenvalue weighted by Gasteiger charge is 2.41. The smallest absolute Gasteiger partial charge is 0.319 e. The van der Waals surface area contributed by atoms with Gasteiger partial charge < -0.3 is 4.74 Å². The van der Waals surface area contributed by atoms with Gasteiger partial charge in [0.1, 0.15) is 16.9 Å². The second-order valence-corrected chi connectivity index (χ2v) is 8.01. The van der Waals surface area contributed by atoms with Crippen LogP contribution in [0.5, 0.6) is 0 Å². The third-order valence-electron chi connectivity index (χ3n) is 4.79. The summed E-state index contributed by atoms with van der Waals surface area (Å²) in [4.78, 5) is 50.1. The number of imide groups is 1. The van der Waals surface area contributed by atoms with Crippen LogP contribution in [-0.2, 0) is 19.1 Å². The van der Waals surface area contributed by atoms with E-state index >= 15 is 0 Å². The summed E-state index contributed by atoms with van der Waals surface area (Å²) in [6, 6.07) is 1.32. The van der Waals surface area contributed by atoms with Crippen molar-refractivity contribution in [2.24, 2.45) is 0 Å². The second-order valence-electron chi connectivity index (χ2n) is 6.69. The molecule has 0 radical (unpaired) electrons. The third kappa shape index (κ3) is 3.96. The molecule has 0 spiro atoms. The summed E-state index contributed by atoms with van der Waals surface area (Å²) in [6.07, 6.45) is 2.36. The molecule has 9 heteroatoms. The molecule has 154 valence electrons. The standard InChI is InChI=1S/C20H19F2NO5S/c1-3-28-19(26)10(2)29-20(27)13-8-16(15(22)9-14(13)21)23-17(24)11-6-4-5-7-12(11)18(23)25/h8-10H,3-7H2,1-2H3/t10-/m0/s1. The Kier molecular flexibility index (Phi) is 6.16. The number of thioether (sulfide) groups is 1. The maximum atomic E-state index is 14.5. The Bertz CT molecular complexity index is 915. The highest BCUT2D eigenvalue weighted by atomic mass is 32.2. The molecular formula is C20H19F2NO5S. The van der Waals surface area contributed by atoms with Crippen LogP contribution in [0.25, 0.3) is 0 Å². The lowest BCUT2D eigenvalue weighted by Gasteiger charge is -2.17. The number of hydrogen-bond donors (Lipinski definition) is 0. The number of hydrogen-bond acceptors (Lipinski definition) is 6. The number of carbonyl (C=O) groups is 4. The van der Waals surface area contributed by atoms with E-state index in [0.717, 1.165) is 18.9 Å². The SMILES string of the molecule is CCOC(=O)[C@H](C)SC(=O)c1cc(N2C(=O)C3=C(CCCC3)C2=O)c(F)cc1F. The molecule has 0 saturated heterocycles. The van der Waals surface area contributed by atoms with Crippen molar-refractivity contribution in [1.82, 2.24) is 0 Å². The molecule has 1 heterocycles. The fourth-order valence-electron chi connectivity index (χ4n) is 3.36. The van der Waals surface area contributed by atoms with Gasteiger partial charge in [0.15, 0.2) is 0 Å². The predicted molar refractivity (Wildman–Crippen MR) is 102 cm³/mol. The third-order valence-corrected chi connectivity index (χ3v) is 5.77. The molecule has 0 bridgehead atoms. The van der Waals surface area contributed by atoms with Crippen LogP contribution in [0.15, 0.2) is 23.3 Å². The van der Waals surface area contributed by atoms with Gasteiger partial charge >= 0.3 is 5.97 Å². The Morgan fingerprint density at radius 1 is 1.10 bits per heavy atom. The summed E-state index contributed by atoms with van der Waals surface area (Å²) in [5.41, 5.74) is -0.289. The topological polar surface area (TPSA) is 80.8 Å². The van der Waals surface area contributed by atoms with Gasteiger partial charge in [0.05, 0.1) is 17.9 Å². The number of halogens is 2. The lowest BCUT2D eigenvalue weighted by Crippen LogP contribution is -2.32. The minimum absolute atomic E-state index is 0.129. The second kappa shape index (κ2) is 8.44. The summed E-state index contributed by atoms with van der Waals surface area (Å²) < 4.78 is 33.5. The van der Waals surface area contributed by atoms with Crippen LogP contribution in [0.2, 0.25) is 0 Å². The van der Waals surface area contributed by atoms with Gasteiger partial charge in [-0.05, 0) is 45.6 Å². The van der Waals surface area contributed by atoms with Crippen LogP contribution >= 0.6 is 11.8 Å². The van der Waals surface area contributed by atoms with E-state index in [1.807, 2.05) is 0 Å². The van der Waals surface area contributed by atoms with Gasteiger partial charge in [-0.2, -0.15) is 0 Å². The van der Waals surface area contributed by atoms with E-state index in [1.54, 1.807) is 6.92 Å². The van der Waals surface area contributed by atoms with E-state index in [2.05, 4.69) is 0 Å². The van der Waals surface area contributed by atoms with Crippen molar-refractivity contribution in [3.63, 3.8) is 0 Å². The van der Waals surface area contributed by atoms with Gasteiger partial charge in [0, 0.05) is 17.2 Å². The molecule has 1 aromatic rings. The number of ether oxygens (including phenoxy) is 1. The molecule has 6 nitrogen and oxygen atoms in total. The van der Waals surface area contributed by atoms with Crippen molar-refractivity contribution < 1.29 is 32.7 Å². The van der Waals surface area contributed by atoms with E-state index in [0.29, 0.717) is 46.7 Å². The zero-order valence-corrected chi connectivity index (χ0v) is 16.7. The summed E-state index contributed by atoms with van der Waals surface area (Å²) >= 11 is 0.519. The molecule has 0 N–H and O–H groups in total. The Morgan fingerprint density at radius 3 is 2.24 bits per heavy atom. The minimum Gasteiger partial charge on any atom is -0.465 e. The van der Waals surface area contributed by atoms with Crippen molar-refractivity contribution in [2.45, 2.75) is 44.8 Å². The van der Waals surface area contributed by atoms with Gasteiger partial charge in [-0.1, -0.05) is 11.8 Å². The van der Waals surface area contributed by atoms with Crippen molar-refractivity contribution in [2.75, 3.05) is 11.5 Å². The Morgan fingerprint density at radius 2 is 1.69 bits per heavy atom. The fraction of sp³-hybridized carbons (Fsp3) is 0.400. The quantitative estimate of drug-likeness (QED) is 0.532. The van der Waals surface area contributed by atoms with E-state index in [-0.39, 0.29) is 6.61 Å². The van der Waals surface area contributed by atoms with E-state index in [9.17, 15) is 28.0 Å². The molecule has 0 saturated carbocycles. The Labute approximate surface area is 170 Å².